The lowest BCUT2D eigenvalue weighted by molar-refractivity contribution is -0.137. The van der Waals surface area contributed by atoms with Gasteiger partial charge in [0.2, 0.25) is 0 Å². The van der Waals surface area contributed by atoms with Crippen LogP contribution in [0.5, 0.6) is 0 Å². The van der Waals surface area contributed by atoms with Crippen LogP contribution in [0, 0.1) is 5.92 Å². The van der Waals surface area contributed by atoms with Gasteiger partial charge in [-0.25, -0.2) is 0 Å². The highest BCUT2D eigenvalue weighted by molar-refractivity contribution is 5.36. The van der Waals surface area contributed by atoms with Crippen molar-refractivity contribution in [2.75, 3.05) is 13.1 Å². The molecule has 2 N–H and O–H groups in total. The second kappa shape index (κ2) is 9.39. The van der Waals surface area contributed by atoms with E-state index in [0.29, 0.717) is 12.1 Å². The summed E-state index contributed by atoms with van der Waals surface area (Å²) in [7, 11) is 0. The van der Waals surface area contributed by atoms with Gasteiger partial charge in [0, 0.05) is 36.6 Å². The first-order valence-electron chi connectivity index (χ1n) is 10.0. The highest BCUT2D eigenvalue weighted by atomic mass is 19.4. The summed E-state index contributed by atoms with van der Waals surface area (Å²) < 4.78 is 38.8. The first-order valence-corrected chi connectivity index (χ1v) is 10.0. The number of benzene rings is 1. The number of hydrogen-bond donors (Lipinski definition) is 2. The fourth-order valence-corrected chi connectivity index (χ4v) is 3.81. The number of halogens is 3. The fourth-order valence-electron chi connectivity index (χ4n) is 3.81. The van der Waals surface area contributed by atoms with E-state index < -0.39 is 11.7 Å². The van der Waals surface area contributed by atoms with Gasteiger partial charge in [0.25, 0.3) is 0 Å². The lowest BCUT2D eigenvalue weighted by Gasteiger charge is -2.28. The Hall–Kier alpha value is -2.73. The largest absolute Gasteiger partial charge is 0.416 e. The van der Waals surface area contributed by atoms with Crippen LogP contribution in [0.15, 0.2) is 84.5 Å². The normalized spacial score (nSPS) is 19.3. The molecule has 1 heterocycles. The maximum absolute atomic E-state index is 12.9. The molecule has 0 aromatic heterocycles. The Labute approximate surface area is 176 Å². The molecule has 0 saturated carbocycles. The van der Waals surface area contributed by atoms with Crippen LogP contribution < -0.4 is 10.6 Å². The van der Waals surface area contributed by atoms with Crippen molar-refractivity contribution in [3.63, 3.8) is 0 Å². The van der Waals surface area contributed by atoms with E-state index in [1.807, 2.05) is 13.1 Å². The summed E-state index contributed by atoms with van der Waals surface area (Å²) in [5.41, 5.74) is 4.54. The minimum atomic E-state index is -4.35. The van der Waals surface area contributed by atoms with E-state index in [-0.39, 0.29) is 5.92 Å². The van der Waals surface area contributed by atoms with Crippen LogP contribution >= 0.6 is 0 Å². The number of nitrogens with zero attached hydrogens (tertiary/aromatic N) is 1. The Morgan fingerprint density at radius 2 is 2.17 bits per heavy atom. The first-order chi connectivity index (χ1) is 14.3. The molecule has 0 amide bonds. The van der Waals surface area contributed by atoms with Gasteiger partial charge in [-0.3, -0.25) is 0 Å². The van der Waals surface area contributed by atoms with Crippen LogP contribution in [0.25, 0.3) is 0 Å². The SMILES string of the molecule is C=CN(/C=C(\C)NC(=C)C1C=CC2=C(CNCC2)C1)Cc1cccc(C(F)(F)F)c1. The third-order valence-electron chi connectivity index (χ3n) is 5.38. The Kier molecular flexibility index (Phi) is 6.87. The summed E-state index contributed by atoms with van der Waals surface area (Å²) in [6, 6.07) is 5.35. The molecule has 1 aromatic carbocycles. The van der Waals surface area contributed by atoms with Crippen LogP contribution in [0.1, 0.15) is 30.9 Å². The summed E-state index contributed by atoms with van der Waals surface area (Å²) in [5.74, 6) is 0.215. The molecule has 0 spiro atoms. The molecule has 1 atom stereocenters. The first kappa shape index (κ1) is 22.0. The van der Waals surface area contributed by atoms with Gasteiger partial charge in [0.05, 0.1) is 5.56 Å². The average Bonchev–Trinajstić information content (AvgIpc) is 2.72. The van der Waals surface area contributed by atoms with E-state index in [2.05, 4.69) is 35.9 Å². The molecule has 3 rings (SSSR count). The monoisotopic (exact) mass is 415 g/mol. The number of nitrogens with one attached hydrogen (secondary N) is 2. The summed E-state index contributed by atoms with van der Waals surface area (Å²) in [6.45, 7) is 12.1. The van der Waals surface area contributed by atoms with Gasteiger partial charge in [0.1, 0.15) is 0 Å². The molecule has 1 aliphatic carbocycles. The fraction of sp³-hybridized carbons (Fsp3) is 0.333. The number of allylic oxidation sites excluding steroid dienone is 3. The molecule has 160 valence electrons. The smallest absolute Gasteiger partial charge is 0.361 e. The predicted octanol–water partition coefficient (Wildman–Crippen LogP) is 5.48. The van der Waals surface area contributed by atoms with Gasteiger partial charge in [-0.15, -0.1) is 0 Å². The molecule has 6 heteroatoms. The lowest BCUT2D eigenvalue weighted by atomic mass is 9.85. The van der Waals surface area contributed by atoms with Crippen molar-refractivity contribution in [1.29, 1.82) is 0 Å². The molecule has 1 aromatic rings. The summed E-state index contributed by atoms with van der Waals surface area (Å²) >= 11 is 0. The topological polar surface area (TPSA) is 27.3 Å². The zero-order valence-corrected chi connectivity index (χ0v) is 17.2. The van der Waals surface area contributed by atoms with Crippen LogP contribution in [-0.4, -0.2) is 18.0 Å². The van der Waals surface area contributed by atoms with E-state index in [4.69, 9.17) is 0 Å². The molecular weight excluding hydrogens is 387 g/mol. The van der Waals surface area contributed by atoms with Crippen molar-refractivity contribution in [3.05, 3.63) is 95.6 Å². The summed E-state index contributed by atoms with van der Waals surface area (Å²) in [6.07, 6.45) is 5.50. The Morgan fingerprint density at radius 3 is 2.90 bits per heavy atom. The van der Waals surface area contributed by atoms with Gasteiger partial charge in [-0.2, -0.15) is 13.2 Å². The van der Waals surface area contributed by atoms with E-state index in [1.165, 1.54) is 23.3 Å². The number of rotatable bonds is 7. The molecule has 30 heavy (non-hydrogen) atoms. The Morgan fingerprint density at radius 1 is 1.37 bits per heavy atom. The number of alkyl halides is 3. The quantitative estimate of drug-likeness (QED) is 0.617. The third-order valence-corrected chi connectivity index (χ3v) is 5.38. The highest BCUT2D eigenvalue weighted by Crippen LogP contribution is 2.31. The maximum Gasteiger partial charge on any atom is 0.416 e. The van der Waals surface area contributed by atoms with Gasteiger partial charge < -0.3 is 15.5 Å². The second-order valence-corrected chi connectivity index (χ2v) is 7.74. The van der Waals surface area contributed by atoms with Gasteiger partial charge >= 0.3 is 6.18 Å². The van der Waals surface area contributed by atoms with Gasteiger partial charge in [-0.1, -0.05) is 43.0 Å². The van der Waals surface area contributed by atoms with Crippen LogP contribution in [0.2, 0.25) is 0 Å². The average molecular weight is 416 g/mol. The van der Waals surface area contributed by atoms with E-state index in [0.717, 1.165) is 43.4 Å². The van der Waals surface area contributed by atoms with Crippen molar-refractivity contribution < 1.29 is 13.2 Å². The van der Waals surface area contributed by atoms with Crippen molar-refractivity contribution >= 4 is 0 Å². The molecule has 0 bridgehead atoms. The summed E-state index contributed by atoms with van der Waals surface area (Å²) in [5, 5.41) is 6.75. The van der Waals surface area contributed by atoms with E-state index in [9.17, 15) is 13.2 Å². The molecule has 3 nitrogen and oxygen atoms in total. The minimum Gasteiger partial charge on any atom is -0.361 e. The molecule has 2 aliphatic rings. The molecular formula is C24H28F3N3. The van der Waals surface area contributed by atoms with Gasteiger partial charge in [-0.05, 0) is 55.8 Å². The van der Waals surface area contributed by atoms with Crippen molar-refractivity contribution in [2.45, 2.75) is 32.5 Å². The van der Waals surface area contributed by atoms with Crippen molar-refractivity contribution in [3.8, 4) is 0 Å². The third kappa shape index (κ3) is 5.66. The minimum absolute atomic E-state index is 0.215. The highest BCUT2D eigenvalue weighted by Gasteiger charge is 2.30. The van der Waals surface area contributed by atoms with Crippen LogP contribution in [0.3, 0.4) is 0 Å². The molecule has 0 radical (unpaired) electrons. The van der Waals surface area contributed by atoms with Crippen molar-refractivity contribution in [2.24, 2.45) is 5.92 Å². The van der Waals surface area contributed by atoms with Crippen LogP contribution in [0.4, 0.5) is 13.2 Å². The second-order valence-electron chi connectivity index (χ2n) is 7.74. The molecule has 1 unspecified atom stereocenters. The zero-order valence-electron chi connectivity index (χ0n) is 17.2. The predicted molar refractivity (Wildman–Crippen MR) is 115 cm³/mol. The molecule has 1 aliphatic heterocycles. The Balaban J connectivity index is 1.61. The lowest BCUT2D eigenvalue weighted by Crippen LogP contribution is -2.28. The standard InChI is InChI=1S/C24H28F3N3/c1-4-30(16-19-6-5-7-23(12-19)24(25,26)27)15-17(2)29-18(3)21-9-8-20-10-11-28-14-22(20)13-21/h4-9,12,15,21,28-29H,1,3,10-11,13-14,16H2,2H3/b17-15+. The van der Waals surface area contributed by atoms with Crippen molar-refractivity contribution in [1.82, 2.24) is 15.5 Å². The molecule has 0 saturated heterocycles. The Bertz CT molecular complexity index is 893. The summed E-state index contributed by atoms with van der Waals surface area (Å²) in [4.78, 5) is 1.76. The zero-order chi connectivity index (χ0) is 21.7. The maximum atomic E-state index is 12.9. The van der Waals surface area contributed by atoms with E-state index in [1.54, 1.807) is 17.2 Å². The van der Waals surface area contributed by atoms with E-state index >= 15 is 0 Å². The number of hydrogen-bond acceptors (Lipinski definition) is 3. The molecule has 0 fully saturated rings. The van der Waals surface area contributed by atoms with Crippen LogP contribution in [-0.2, 0) is 12.7 Å². The van der Waals surface area contributed by atoms with Gasteiger partial charge in [0.15, 0.2) is 0 Å².